The highest BCUT2D eigenvalue weighted by atomic mass is 35.5. The third-order valence-corrected chi connectivity index (χ3v) is 2.52. The Balaban J connectivity index is 2.25. The molecule has 0 spiro atoms. The maximum Gasteiger partial charge on any atom is 0.150 e. The predicted molar refractivity (Wildman–Crippen MR) is 68.3 cm³/mol. The summed E-state index contributed by atoms with van der Waals surface area (Å²) >= 11 is 5.80. The van der Waals surface area contributed by atoms with Crippen LogP contribution < -0.4 is 10.5 Å². The van der Waals surface area contributed by atoms with E-state index in [1.54, 1.807) is 30.3 Å². The second-order valence-electron chi connectivity index (χ2n) is 3.59. The molecule has 0 amide bonds. The van der Waals surface area contributed by atoms with Crippen molar-refractivity contribution < 1.29 is 9.84 Å². The topological polar surface area (TPSA) is 55.5 Å². The molecule has 0 bridgehead atoms. The molecule has 0 aromatic heterocycles. The highest BCUT2D eigenvalue weighted by molar-refractivity contribution is 6.30. The summed E-state index contributed by atoms with van der Waals surface area (Å²) in [6.07, 6.45) is 0. The fraction of sp³-hybridized carbons (Fsp3) is 0.0769. The van der Waals surface area contributed by atoms with Gasteiger partial charge in [0.1, 0.15) is 11.5 Å². The molecule has 2 aromatic rings. The van der Waals surface area contributed by atoms with Gasteiger partial charge in [-0.15, -0.1) is 0 Å². The lowest BCUT2D eigenvalue weighted by molar-refractivity contribution is 0.281. The minimum absolute atomic E-state index is 0.0205. The first-order valence-electron chi connectivity index (χ1n) is 5.12. The smallest absolute Gasteiger partial charge is 0.150 e. The Hall–Kier alpha value is -1.71. The van der Waals surface area contributed by atoms with Gasteiger partial charge in [0.2, 0.25) is 0 Å². The minimum atomic E-state index is -0.0205. The number of nitrogen functional groups attached to an aromatic ring is 1. The van der Waals surface area contributed by atoms with Gasteiger partial charge in [0.05, 0.1) is 12.3 Å². The van der Waals surface area contributed by atoms with Crippen LogP contribution in [0.25, 0.3) is 0 Å². The molecule has 3 nitrogen and oxygen atoms in total. The average molecular weight is 250 g/mol. The standard InChI is InChI=1S/C13H12ClNO2/c14-10-4-5-13(12(15)7-10)17-11-3-1-2-9(6-11)8-16/h1-7,16H,8,15H2. The fourth-order valence-corrected chi connectivity index (χ4v) is 1.63. The largest absolute Gasteiger partial charge is 0.455 e. The molecule has 0 unspecified atom stereocenters. The zero-order valence-corrected chi connectivity index (χ0v) is 9.82. The van der Waals surface area contributed by atoms with Crippen LogP contribution >= 0.6 is 11.6 Å². The number of aliphatic hydroxyl groups excluding tert-OH is 1. The first-order valence-corrected chi connectivity index (χ1v) is 5.49. The number of ether oxygens (including phenoxy) is 1. The quantitative estimate of drug-likeness (QED) is 0.822. The van der Waals surface area contributed by atoms with Gasteiger partial charge in [-0.3, -0.25) is 0 Å². The van der Waals surface area contributed by atoms with Crippen LogP contribution in [0.1, 0.15) is 5.56 Å². The van der Waals surface area contributed by atoms with Gasteiger partial charge in [0.15, 0.2) is 0 Å². The van der Waals surface area contributed by atoms with Crippen LogP contribution in [0.3, 0.4) is 0 Å². The molecule has 0 saturated heterocycles. The van der Waals surface area contributed by atoms with E-state index in [1.807, 2.05) is 12.1 Å². The molecule has 3 N–H and O–H groups in total. The van der Waals surface area contributed by atoms with E-state index in [9.17, 15) is 0 Å². The van der Waals surface area contributed by atoms with Crippen molar-refractivity contribution >= 4 is 17.3 Å². The van der Waals surface area contributed by atoms with Crippen molar-refractivity contribution in [1.82, 2.24) is 0 Å². The Morgan fingerprint density at radius 1 is 1.18 bits per heavy atom. The zero-order valence-electron chi connectivity index (χ0n) is 9.06. The number of rotatable bonds is 3. The van der Waals surface area contributed by atoms with Gasteiger partial charge in [-0.05, 0) is 35.9 Å². The van der Waals surface area contributed by atoms with E-state index >= 15 is 0 Å². The molecular formula is C13H12ClNO2. The van der Waals surface area contributed by atoms with Gasteiger partial charge in [-0.25, -0.2) is 0 Å². The second kappa shape index (κ2) is 5.08. The molecule has 0 fully saturated rings. The molecule has 0 aliphatic carbocycles. The molecule has 4 heteroatoms. The van der Waals surface area contributed by atoms with Crippen LogP contribution in [0.2, 0.25) is 5.02 Å². The van der Waals surface area contributed by atoms with Crippen LogP contribution in [-0.4, -0.2) is 5.11 Å². The minimum Gasteiger partial charge on any atom is -0.455 e. The van der Waals surface area contributed by atoms with Crippen LogP contribution in [0.4, 0.5) is 5.69 Å². The van der Waals surface area contributed by atoms with Gasteiger partial charge in [-0.1, -0.05) is 23.7 Å². The first kappa shape index (κ1) is 11.8. The highest BCUT2D eigenvalue weighted by Crippen LogP contribution is 2.29. The SMILES string of the molecule is Nc1cc(Cl)ccc1Oc1cccc(CO)c1. The van der Waals surface area contributed by atoms with Gasteiger partial charge in [0, 0.05) is 5.02 Å². The Kier molecular flexibility index (Phi) is 3.52. The van der Waals surface area contributed by atoms with Crippen molar-refractivity contribution in [2.75, 3.05) is 5.73 Å². The number of halogens is 1. The van der Waals surface area contributed by atoms with E-state index in [-0.39, 0.29) is 6.61 Å². The number of aliphatic hydroxyl groups is 1. The van der Waals surface area contributed by atoms with Gasteiger partial charge < -0.3 is 15.6 Å². The van der Waals surface area contributed by atoms with Crippen LogP contribution in [0, 0.1) is 0 Å². The predicted octanol–water partition coefficient (Wildman–Crippen LogP) is 3.21. The third kappa shape index (κ3) is 2.90. The molecule has 2 aromatic carbocycles. The maximum absolute atomic E-state index is 9.02. The molecule has 88 valence electrons. The number of nitrogens with two attached hydrogens (primary N) is 1. The summed E-state index contributed by atoms with van der Waals surface area (Å²) in [6.45, 7) is -0.0205. The average Bonchev–Trinajstić information content (AvgIpc) is 2.33. The Morgan fingerprint density at radius 3 is 2.71 bits per heavy atom. The molecule has 17 heavy (non-hydrogen) atoms. The summed E-state index contributed by atoms with van der Waals surface area (Å²) in [4.78, 5) is 0. The molecule has 0 aliphatic rings. The van der Waals surface area contributed by atoms with Crippen molar-refractivity contribution in [2.24, 2.45) is 0 Å². The molecule has 0 aliphatic heterocycles. The number of benzene rings is 2. The van der Waals surface area contributed by atoms with E-state index in [1.165, 1.54) is 0 Å². The lowest BCUT2D eigenvalue weighted by Gasteiger charge is -2.09. The van der Waals surface area contributed by atoms with E-state index in [2.05, 4.69) is 0 Å². The summed E-state index contributed by atoms with van der Waals surface area (Å²) in [6, 6.07) is 12.2. The van der Waals surface area contributed by atoms with Crippen molar-refractivity contribution in [2.45, 2.75) is 6.61 Å². The number of hydrogen-bond donors (Lipinski definition) is 2. The van der Waals surface area contributed by atoms with Crippen LogP contribution in [-0.2, 0) is 6.61 Å². The lowest BCUT2D eigenvalue weighted by Crippen LogP contribution is -1.92. The first-order chi connectivity index (χ1) is 8.19. The van der Waals surface area contributed by atoms with E-state index in [0.717, 1.165) is 5.56 Å². The van der Waals surface area contributed by atoms with E-state index < -0.39 is 0 Å². The Labute approximate surface area is 104 Å². The zero-order chi connectivity index (χ0) is 12.3. The second-order valence-corrected chi connectivity index (χ2v) is 4.03. The third-order valence-electron chi connectivity index (χ3n) is 2.28. The molecule has 0 saturated carbocycles. The molecule has 0 radical (unpaired) electrons. The van der Waals surface area contributed by atoms with Gasteiger partial charge in [-0.2, -0.15) is 0 Å². The normalized spacial score (nSPS) is 10.2. The fourth-order valence-electron chi connectivity index (χ4n) is 1.45. The number of anilines is 1. The Bertz CT molecular complexity index is 529. The van der Waals surface area contributed by atoms with Gasteiger partial charge in [0.25, 0.3) is 0 Å². The highest BCUT2D eigenvalue weighted by Gasteiger charge is 2.03. The summed E-state index contributed by atoms with van der Waals surface area (Å²) in [5, 5.41) is 9.59. The van der Waals surface area contributed by atoms with Crippen LogP contribution in [0.15, 0.2) is 42.5 Å². The molecular weight excluding hydrogens is 238 g/mol. The van der Waals surface area contributed by atoms with Crippen molar-refractivity contribution in [1.29, 1.82) is 0 Å². The maximum atomic E-state index is 9.02. The van der Waals surface area contributed by atoms with E-state index in [0.29, 0.717) is 22.2 Å². The van der Waals surface area contributed by atoms with Crippen molar-refractivity contribution in [3.63, 3.8) is 0 Å². The summed E-state index contributed by atoms with van der Waals surface area (Å²) in [5.41, 5.74) is 7.05. The number of hydrogen-bond acceptors (Lipinski definition) is 3. The molecule has 0 heterocycles. The van der Waals surface area contributed by atoms with Crippen molar-refractivity contribution in [3.8, 4) is 11.5 Å². The molecule has 2 rings (SSSR count). The molecule has 0 atom stereocenters. The van der Waals surface area contributed by atoms with E-state index in [4.69, 9.17) is 27.2 Å². The summed E-state index contributed by atoms with van der Waals surface area (Å²) in [5.74, 6) is 1.18. The van der Waals surface area contributed by atoms with Crippen LogP contribution in [0.5, 0.6) is 11.5 Å². The summed E-state index contributed by atoms with van der Waals surface area (Å²) < 4.78 is 5.61. The Morgan fingerprint density at radius 2 is 2.00 bits per heavy atom. The van der Waals surface area contributed by atoms with Crippen molar-refractivity contribution in [3.05, 3.63) is 53.1 Å². The lowest BCUT2D eigenvalue weighted by atomic mass is 10.2. The summed E-state index contributed by atoms with van der Waals surface area (Å²) in [7, 11) is 0. The monoisotopic (exact) mass is 249 g/mol. The van der Waals surface area contributed by atoms with Gasteiger partial charge >= 0.3 is 0 Å².